The number of aromatic hydroxyl groups is 1. The molecule has 6 nitrogen and oxygen atoms in total. The normalized spacial score (nSPS) is 17.3. The lowest BCUT2D eigenvalue weighted by Gasteiger charge is -2.26. The van der Waals surface area contributed by atoms with Crippen LogP contribution in [0.1, 0.15) is 36.6 Å². The average Bonchev–Trinajstić information content (AvgIpc) is 3.05. The quantitative estimate of drug-likeness (QED) is 0.291. The van der Waals surface area contributed by atoms with Gasteiger partial charge < -0.3 is 14.9 Å². The number of aliphatic hydroxyl groups excluding tert-OH is 1. The number of benzene rings is 3. The molecule has 1 fully saturated rings. The summed E-state index contributed by atoms with van der Waals surface area (Å²) in [6.45, 7) is 5.53. The van der Waals surface area contributed by atoms with Crippen molar-refractivity contribution in [1.29, 1.82) is 0 Å². The molecule has 0 saturated carbocycles. The third kappa shape index (κ3) is 4.47. The fraction of sp³-hybridized carbons (Fsp3) is 0.185. The van der Waals surface area contributed by atoms with E-state index >= 15 is 0 Å². The number of hydrogen-bond donors (Lipinski definition) is 2. The van der Waals surface area contributed by atoms with Crippen LogP contribution in [-0.4, -0.2) is 28.0 Å². The number of carbonyl (C=O) groups is 2. The molecule has 1 amide bonds. The number of aryl methyl sites for hydroxylation is 1. The van der Waals surface area contributed by atoms with Gasteiger partial charge in [-0.15, -0.1) is 0 Å². The Bertz CT molecular complexity index is 1350. The van der Waals surface area contributed by atoms with Gasteiger partial charge in [-0.3, -0.25) is 14.5 Å². The highest BCUT2D eigenvalue weighted by Gasteiger charge is 2.47. The Morgan fingerprint density at radius 2 is 1.69 bits per heavy atom. The van der Waals surface area contributed by atoms with E-state index in [4.69, 9.17) is 4.74 Å². The van der Waals surface area contributed by atoms with Gasteiger partial charge in [-0.05, 0) is 74.4 Å². The molecule has 2 N–H and O–H groups in total. The molecular formula is C27H23F2NO5. The number of amides is 1. The largest absolute Gasteiger partial charge is 0.508 e. The maximum Gasteiger partial charge on any atom is 0.300 e. The second-order valence-electron chi connectivity index (χ2n) is 8.50. The van der Waals surface area contributed by atoms with Gasteiger partial charge in [-0.25, -0.2) is 8.78 Å². The molecule has 1 saturated heterocycles. The maximum absolute atomic E-state index is 14.7. The van der Waals surface area contributed by atoms with Gasteiger partial charge in [0.05, 0.1) is 23.4 Å². The van der Waals surface area contributed by atoms with Crippen LogP contribution in [0.4, 0.5) is 14.5 Å². The first-order chi connectivity index (χ1) is 16.6. The van der Waals surface area contributed by atoms with Crippen LogP contribution in [0.25, 0.3) is 5.76 Å². The van der Waals surface area contributed by atoms with E-state index < -0.39 is 35.1 Å². The molecule has 35 heavy (non-hydrogen) atoms. The number of ether oxygens (including phenoxy) is 1. The van der Waals surface area contributed by atoms with Gasteiger partial charge in [0, 0.05) is 11.6 Å². The summed E-state index contributed by atoms with van der Waals surface area (Å²) in [5.41, 5.74) is 0.718. The number of hydrogen-bond acceptors (Lipinski definition) is 5. The first kappa shape index (κ1) is 23.9. The van der Waals surface area contributed by atoms with Gasteiger partial charge in [0.25, 0.3) is 11.7 Å². The Morgan fingerprint density at radius 3 is 2.29 bits per heavy atom. The number of nitrogens with zero attached hydrogens (tertiary/aromatic N) is 1. The Hall–Kier alpha value is -4.20. The van der Waals surface area contributed by atoms with Crippen molar-refractivity contribution >= 4 is 23.1 Å². The summed E-state index contributed by atoms with van der Waals surface area (Å²) in [5.74, 6) is -3.90. The second-order valence-corrected chi connectivity index (χ2v) is 8.50. The van der Waals surface area contributed by atoms with Crippen LogP contribution in [0.15, 0.2) is 66.2 Å². The van der Waals surface area contributed by atoms with Crippen LogP contribution in [0.3, 0.4) is 0 Å². The first-order valence-corrected chi connectivity index (χ1v) is 10.9. The summed E-state index contributed by atoms with van der Waals surface area (Å²) >= 11 is 0. The van der Waals surface area contributed by atoms with Gasteiger partial charge in [0.2, 0.25) is 0 Å². The number of phenols is 1. The van der Waals surface area contributed by atoms with Crippen molar-refractivity contribution in [2.75, 3.05) is 4.90 Å². The minimum atomic E-state index is -1.22. The number of phenolic OH excluding ortho intramolecular Hbond substituents is 1. The standard InChI is InChI=1S/C27H23F2NO5/c1-14(2)35-22-11-6-17(12-15(22)3)25(32)23-24(16-4-8-19(31)9-5-16)30(27(34)26(23)33)21-10-7-18(28)13-20(21)29/h4-14,24,31-32H,1-3H3/b25-23+. The Balaban J connectivity index is 1.91. The Kier molecular flexibility index (Phi) is 6.30. The molecule has 1 heterocycles. The fourth-order valence-electron chi connectivity index (χ4n) is 4.07. The Labute approximate surface area is 200 Å². The number of aliphatic hydroxyl groups is 1. The first-order valence-electron chi connectivity index (χ1n) is 10.9. The highest BCUT2D eigenvalue weighted by atomic mass is 19.1. The molecule has 0 bridgehead atoms. The number of halogens is 2. The highest BCUT2D eigenvalue weighted by molar-refractivity contribution is 6.51. The average molecular weight is 479 g/mol. The molecule has 0 spiro atoms. The summed E-state index contributed by atoms with van der Waals surface area (Å²) < 4.78 is 34.0. The van der Waals surface area contributed by atoms with Crippen molar-refractivity contribution in [2.45, 2.75) is 32.9 Å². The summed E-state index contributed by atoms with van der Waals surface area (Å²) in [5, 5.41) is 20.9. The van der Waals surface area contributed by atoms with Crippen LogP contribution in [-0.2, 0) is 9.59 Å². The predicted molar refractivity (Wildman–Crippen MR) is 126 cm³/mol. The minimum Gasteiger partial charge on any atom is -0.508 e. The van der Waals surface area contributed by atoms with E-state index in [1.807, 2.05) is 13.8 Å². The van der Waals surface area contributed by atoms with E-state index in [-0.39, 0.29) is 28.7 Å². The topological polar surface area (TPSA) is 87.1 Å². The monoisotopic (exact) mass is 479 g/mol. The summed E-state index contributed by atoms with van der Waals surface area (Å²) in [6, 6.07) is 11.9. The van der Waals surface area contributed by atoms with E-state index in [0.29, 0.717) is 22.9 Å². The van der Waals surface area contributed by atoms with Crippen LogP contribution in [0, 0.1) is 18.6 Å². The molecule has 8 heteroatoms. The van der Waals surface area contributed by atoms with E-state index in [2.05, 4.69) is 0 Å². The van der Waals surface area contributed by atoms with Crippen molar-refractivity contribution in [1.82, 2.24) is 0 Å². The van der Waals surface area contributed by atoms with Gasteiger partial charge in [0.1, 0.15) is 28.9 Å². The molecule has 3 aromatic carbocycles. The second kappa shape index (κ2) is 9.21. The van der Waals surface area contributed by atoms with Crippen molar-refractivity contribution < 1.29 is 33.3 Å². The van der Waals surface area contributed by atoms with Crippen molar-refractivity contribution in [2.24, 2.45) is 0 Å². The van der Waals surface area contributed by atoms with Gasteiger partial charge in [-0.1, -0.05) is 12.1 Å². The molecule has 4 rings (SSSR count). The number of Topliss-reactive ketones (excluding diaryl/α,β-unsaturated/α-hetero) is 1. The Morgan fingerprint density at radius 1 is 1.00 bits per heavy atom. The van der Waals surface area contributed by atoms with E-state index in [0.717, 1.165) is 17.0 Å². The molecule has 1 unspecified atom stereocenters. The minimum absolute atomic E-state index is 0.0602. The van der Waals surface area contributed by atoms with Gasteiger partial charge >= 0.3 is 0 Å². The molecule has 0 aromatic heterocycles. The number of carbonyl (C=O) groups excluding carboxylic acids is 2. The molecular weight excluding hydrogens is 456 g/mol. The zero-order chi connectivity index (χ0) is 25.4. The van der Waals surface area contributed by atoms with Crippen LogP contribution in [0.2, 0.25) is 0 Å². The number of anilines is 1. The molecule has 0 radical (unpaired) electrons. The maximum atomic E-state index is 14.7. The fourth-order valence-corrected chi connectivity index (χ4v) is 4.07. The molecule has 1 aliphatic rings. The van der Waals surface area contributed by atoms with E-state index in [1.165, 1.54) is 24.3 Å². The van der Waals surface area contributed by atoms with Crippen molar-refractivity contribution in [3.05, 3.63) is 94.6 Å². The van der Waals surface area contributed by atoms with Crippen molar-refractivity contribution in [3.8, 4) is 11.5 Å². The third-order valence-electron chi connectivity index (χ3n) is 5.63. The highest BCUT2D eigenvalue weighted by Crippen LogP contribution is 2.43. The zero-order valence-electron chi connectivity index (χ0n) is 19.3. The summed E-state index contributed by atoms with van der Waals surface area (Å²) in [7, 11) is 0. The van der Waals surface area contributed by atoms with Gasteiger partial charge in [-0.2, -0.15) is 0 Å². The number of rotatable bonds is 5. The summed E-state index contributed by atoms with van der Waals surface area (Å²) in [6.07, 6.45) is -0.0708. The summed E-state index contributed by atoms with van der Waals surface area (Å²) in [4.78, 5) is 27.1. The SMILES string of the molecule is Cc1cc(/C(O)=C2\C(=O)C(=O)N(c3ccc(F)cc3F)C2c2ccc(O)cc2)ccc1OC(C)C. The number of ketones is 1. The molecule has 180 valence electrons. The molecule has 3 aromatic rings. The lowest BCUT2D eigenvalue weighted by molar-refractivity contribution is -0.132. The lowest BCUT2D eigenvalue weighted by atomic mass is 9.94. The third-order valence-corrected chi connectivity index (χ3v) is 5.63. The van der Waals surface area contributed by atoms with Crippen LogP contribution < -0.4 is 9.64 Å². The van der Waals surface area contributed by atoms with Crippen LogP contribution >= 0.6 is 0 Å². The van der Waals surface area contributed by atoms with Gasteiger partial charge in [0.15, 0.2) is 0 Å². The van der Waals surface area contributed by atoms with E-state index in [1.54, 1.807) is 25.1 Å². The predicted octanol–water partition coefficient (Wildman–Crippen LogP) is 5.39. The van der Waals surface area contributed by atoms with Crippen LogP contribution in [0.5, 0.6) is 11.5 Å². The smallest absolute Gasteiger partial charge is 0.300 e. The van der Waals surface area contributed by atoms with E-state index in [9.17, 15) is 28.6 Å². The zero-order valence-corrected chi connectivity index (χ0v) is 19.3. The van der Waals surface area contributed by atoms with Crippen molar-refractivity contribution in [3.63, 3.8) is 0 Å². The molecule has 0 aliphatic carbocycles. The molecule has 1 atom stereocenters. The lowest BCUT2D eigenvalue weighted by Crippen LogP contribution is -2.30. The molecule has 1 aliphatic heterocycles.